The number of hydrogen-bond acceptors (Lipinski definition) is 2. The van der Waals surface area contributed by atoms with E-state index in [1.807, 2.05) is 0 Å². The summed E-state index contributed by atoms with van der Waals surface area (Å²) in [6.45, 7) is 1.63. The molecular weight excluding hydrogens is 331 g/mol. The number of ether oxygens (including phenoxy) is 1. The summed E-state index contributed by atoms with van der Waals surface area (Å²) in [7, 11) is 1.56. The third-order valence-electron chi connectivity index (χ3n) is 3.62. The predicted octanol–water partition coefficient (Wildman–Crippen LogP) is 4.60. The molecule has 3 nitrogen and oxygen atoms in total. The van der Waals surface area contributed by atoms with Crippen molar-refractivity contribution in [1.29, 1.82) is 0 Å². The van der Waals surface area contributed by atoms with E-state index in [2.05, 4.69) is 5.32 Å². The fraction of sp³-hybridized carbons (Fsp3) is 0.211. The Morgan fingerprint density at radius 1 is 1.16 bits per heavy atom. The molecule has 0 aliphatic carbocycles. The molecule has 0 bridgehead atoms. The first-order valence-electron chi connectivity index (χ1n) is 7.59. The van der Waals surface area contributed by atoms with Gasteiger partial charge in [0.2, 0.25) is 5.91 Å². The van der Waals surface area contributed by atoms with Crippen molar-refractivity contribution in [1.82, 2.24) is 5.32 Å². The van der Waals surface area contributed by atoms with Crippen molar-refractivity contribution in [3.05, 3.63) is 71.3 Å². The molecule has 1 unspecified atom stereocenters. The lowest BCUT2D eigenvalue weighted by Gasteiger charge is -2.15. The summed E-state index contributed by atoms with van der Waals surface area (Å²) >= 11 is 0. The maximum atomic E-state index is 12.7. The highest BCUT2D eigenvalue weighted by Gasteiger charge is 2.30. The lowest BCUT2D eigenvalue weighted by molar-refractivity contribution is -0.137. The molecular formula is C19H18F3NO2. The van der Waals surface area contributed by atoms with Crippen molar-refractivity contribution in [3.8, 4) is 5.75 Å². The van der Waals surface area contributed by atoms with E-state index in [0.717, 1.165) is 17.7 Å². The lowest BCUT2D eigenvalue weighted by Crippen LogP contribution is -2.24. The second-order valence-electron chi connectivity index (χ2n) is 5.46. The van der Waals surface area contributed by atoms with Crippen LogP contribution in [-0.2, 0) is 11.0 Å². The molecule has 0 heterocycles. The molecule has 0 aliphatic heterocycles. The van der Waals surface area contributed by atoms with E-state index >= 15 is 0 Å². The van der Waals surface area contributed by atoms with Crippen LogP contribution in [0.15, 0.2) is 54.6 Å². The molecule has 6 heteroatoms. The van der Waals surface area contributed by atoms with Crippen LogP contribution in [-0.4, -0.2) is 13.0 Å². The number of carbonyl (C=O) groups is 1. The van der Waals surface area contributed by atoms with Gasteiger partial charge in [-0.1, -0.05) is 24.3 Å². The van der Waals surface area contributed by atoms with Gasteiger partial charge in [-0.05, 0) is 48.4 Å². The van der Waals surface area contributed by atoms with E-state index in [4.69, 9.17) is 4.74 Å². The van der Waals surface area contributed by atoms with Gasteiger partial charge in [-0.3, -0.25) is 4.79 Å². The van der Waals surface area contributed by atoms with E-state index in [9.17, 15) is 18.0 Å². The molecule has 0 saturated heterocycles. The van der Waals surface area contributed by atoms with E-state index in [1.165, 1.54) is 12.1 Å². The first-order valence-corrected chi connectivity index (χ1v) is 7.59. The Kier molecular flexibility index (Phi) is 5.85. The zero-order chi connectivity index (χ0) is 18.4. The molecule has 1 atom stereocenters. The monoisotopic (exact) mass is 349 g/mol. The van der Waals surface area contributed by atoms with E-state index in [-0.39, 0.29) is 5.91 Å². The number of methoxy groups -OCH3 is 1. The van der Waals surface area contributed by atoms with Crippen LogP contribution in [0.3, 0.4) is 0 Å². The van der Waals surface area contributed by atoms with Crippen molar-refractivity contribution in [2.75, 3.05) is 7.11 Å². The number of halogens is 3. The van der Waals surface area contributed by atoms with Gasteiger partial charge in [0.25, 0.3) is 0 Å². The Balaban J connectivity index is 2.01. The number of benzene rings is 2. The number of alkyl halides is 3. The van der Waals surface area contributed by atoms with Crippen LogP contribution in [0, 0.1) is 0 Å². The fourth-order valence-corrected chi connectivity index (χ4v) is 2.22. The molecule has 132 valence electrons. The minimum atomic E-state index is -4.41. The molecule has 2 aromatic carbocycles. The number of rotatable bonds is 5. The van der Waals surface area contributed by atoms with Crippen LogP contribution in [0.5, 0.6) is 5.75 Å². The molecule has 0 fully saturated rings. The molecule has 0 aromatic heterocycles. The first-order chi connectivity index (χ1) is 11.8. The summed E-state index contributed by atoms with van der Waals surface area (Å²) < 4.78 is 43.3. The second-order valence-corrected chi connectivity index (χ2v) is 5.46. The van der Waals surface area contributed by atoms with Crippen molar-refractivity contribution in [3.63, 3.8) is 0 Å². The maximum Gasteiger partial charge on any atom is 0.416 e. The second kappa shape index (κ2) is 7.88. The highest BCUT2D eigenvalue weighted by molar-refractivity contribution is 5.92. The van der Waals surface area contributed by atoms with Gasteiger partial charge in [-0.2, -0.15) is 13.2 Å². The number of amides is 1. The quantitative estimate of drug-likeness (QED) is 0.801. The standard InChI is InChI=1S/C19H18F3NO2/c1-13(15-4-3-5-16(12-15)19(20,21)22)23-18(24)11-8-14-6-9-17(25-2)10-7-14/h3-13H,1-2H3,(H,23,24). The van der Waals surface area contributed by atoms with E-state index < -0.39 is 17.8 Å². The Hall–Kier alpha value is -2.76. The molecule has 2 rings (SSSR count). The maximum absolute atomic E-state index is 12.7. The number of carbonyl (C=O) groups excluding carboxylic acids is 1. The van der Waals surface area contributed by atoms with Gasteiger partial charge in [0.05, 0.1) is 18.7 Å². The number of hydrogen-bond donors (Lipinski definition) is 1. The lowest BCUT2D eigenvalue weighted by atomic mass is 10.0. The van der Waals surface area contributed by atoms with Crippen LogP contribution < -0.4 is 10.1 Å². The third-order valence-corrected chi connectivity index (χ3v) is 3.62. The highest BCUT2D eigenvalue weighted by atomic mass is 19.4. The first kappa shape index (κ1) is 18.6. The average Bonchev–Trinajstić information content (AvgIpc) is 2.59. The minimum Gasteiger partial charge on any atom is -0.497 e. The van der Waals surface area contributed by atoms with Crippen LogP contribution in [0.1, 0.15) is 29.7 Å². The van der Waals surface area contributed by atoms with Crippen LogP contribution in [0.2, 0.25) is 0 Å². The summed E-state index contributed by atoms with van der Waals surface area (Å²) in [6, 6.07) is 11.5. The van der Waals surface area contributed by atoms with Gasteiger partial charge in [-0.15, -0.1) is 0 Å². The summed E-state index contributed by atoms with van der Waals surface area (Å²) in [5, 5.41) is 2.65. The summed E-state index contributed by atoms with van der Waals surface area (Å²) in [5.41, 5.74) is 0.462. The SMILES string of the molecule is COc1ccc(C=CC(=O)NC(C)c2cccc(C(F)(F)F)c2)cc1. The Labute approximate surface area is 144 Å². The number of nitrogens with one attached hydrogen (secondary N) is 1. The molecule has 1 amide bonds. The Morgan fingerprint density at radius 2 is 1.84 bits per heavy atom. The van der Waals surface area contributed by atoms with Gasteiger partial charge >= 0.3 is 6.18 Å². The van der Waals surface area contributed by atoms with Gasteiger partial charge in [-0.25, -0.2) is 0 Å². The Bertz CT molecular complexity index is 752. The molecule has 0 aliphatic rings. The Morgan fingerprint density at radius 3 is 2.44 bits per heavy atom. The topological polar surface area (TPSA) is 38.3 Å². The normalized spacial score (nSPS) is 12.8. The minimum absolute atomic E-state index is 0.388. The molecule has 25 heavy (non-hydrogen) atoms. The largest absolute Gasteiger partial charge is 0.497 e. The zero-order valence-corrected chi connectivity index (χ0v) is 13.8. The highest BCUT2D eigenvalue weighted by Crippen LogP contribution is 2.30. The third kappa shape index (κ3) is 5.38. The summed E-state index contributed by atoms with van der Waals surface area (Å²) in [5.74, 6) is 0.320. The average molecular weight is 349 g/mol. The zero-order valence-electron chi connectivity index (χ0n) is 13.8. The van der Waals surface area contributed by atoms with Gasteiger partial charge < -0.3 is 10.1 Å². The van der Waals surface area contributed by atoms with Crippen LogP contribution in [0.25, 0.3) is 6.08 Å². The molecule has 0 saturated carbocycles. The van der Waals surface area contributed by atoms with Gasteiger partial charge in [0.15, 0.2) is 0 Å². The van der Waals surface area contributed by atoms with Crippen LogP contribution in [0.4, 0.5) is 13.2 Å². The van der Waals surface area contributed by atoms with E-state index in [1.54, 1.807) is 50.4 Å². The molecule has 0 radical (unpaired) electrons. The smallest absolute Gasteiger partial charge is 0.416 e. The molecule has 2 aromatic rings. The summed E-state index contributed by atoms with van der Waals surface area (Å²) in [6.07, 6.45) is -1.45. The van der Waals surface area contributed by atoms with E-state index in [0.29, 0.717) is 11.3 Å². The predicted molar refractivity (Wildman–Crippen MR) is 90.0 cm³/mol. The molecule has 1 N–H and O–H groups in total. The fourth-order valence-electron chi connectivity index (χ4n) is 2.22. The molecule has 0 spiro atoms. The van der Waals surface area contributed by atoms with Gasteiger partial charge in [0.1, 0.15) is 5.75 Å². The van der Waals surface area contributed by atoms with Crippen molar-refractivity contribution < 1.29 is 22.7 Å². The van der Waals surface area contributed by atoms with Crippen molar-refractivity contribution in [2.24, 2.45) is 0 Å². The van der Waals surface area contributed by atoms with Crippen LogP contribution >= 0.6 is 0 Å². The van der Waals surface area contributed by atoms with Gasteiger partial charge in [0, 0.05) is 6.08 Å². The van der Waals surface area contributed by atoms with Crippen molar-refractivity contribution in [2.45, 2.75) is 19.1 Å². The summed E-state index contributed by atoms with van der Waals surface area (Å²) in [4.78, 5) is 12.0. The van der Waals surface area contributed by atoms with Crippen molar-refractivity contribution >= 4 is 12.0 Å².